The number of hydrogen-bond donors (Lipinski definition) is 0. The summed E-state index contributed by atoms with van der Waals surface area (Å²) in [5.74, 6) is 0. The number of rotatable bonds is 1. The van der Waals surface area contributed by atoms with Gasteiger partial charge in [0.1, 0.15) is 0 Å². The molecule has 0 unspecified atom stereocenters. The molecule has 0 bridgehead atoms. The molecule has 0 spiro atoms. The van der Waals surface area contributed by atoms with Gasteiger partial charge < -0.3 is 4.99 Å². The molecule has 1 aromatic carbocycles. The van der Waals surface area contributed by atoms with Crippen molar-refractivity contribution in [1.29, 1.82) is 0 Å². The quantitative estimate of drug-likeness (QED) is 0.620. The molecular weight excluding hydrogens is 434 g/mol. The molecule has 0 aliphatic carbocycles. The van der Waals surface area contributed by atoms with Gasteiger partial charge in [0, 0.05) is 31.1 Å². The Balaban J connectivity index is 0.00000108. The smallest absolute Gasteiger partial charge is 0.0509 e. The third kappa shape index (κ3) is 2.51. The van der Waals surface area contributed by atoms with Gasteiger partial charge in [-0.05, 0) is 35.7 Å². The second kappa shape index (κ2) is 5.16. The number of aryl methyl sites for hydroxylation is 1. The molecule has 2 nitrogen and oxygen atoms in total. The summed E-state index contributed by atoms with van der Waals surface area (Å²) in [6.45, 7) is 2.02. The predicted octanol–water partition coefficient (Wildman–Crippen LogP) is 2.87. The van der Waals surface area contributed by atoms with E-state index in [0.717, 1.165) is 29.1 Å². The Kier molecular flexibility index (Phi) is 3.81. The normalized spacial score (nSPS) is 12.6. The summed E-state index contributed by atoms with van der Waals surface area (Å²) in [7, 11) is 0. The van der Waals surface area contributed by atoms with Crippen LogP contribution in [0.1, 0.15) is 16.8 Å². The molecule has 3 heteroatoms. The van der Waals surface area contributed by atoms with E-state index in [1.807, 2.05) is 37.4 Å². The average molecular weight is 445 g/mol. The standard InChI is InChI=1S/C14H11N2.U/c1-10-6-7-15-13(8-10)14-9-11-4-2-3-5-12(11)16-14;/h2-7H,9H2,1H3;/q-1;. The molecule has 2 aromatic rings. The Morgan fingerprint density at radius 2 is 2.00 bits per heavy atom. The largest absolute Gasteiger partial charge is 0.314 e. The average Bonchev–Trinajstić information content (AvgIpc) is 2.72. The zero-order valence-corrected chi connectivity index (χ0v) is 13.7. The molecule has 0 fully saturated rings. The number of para-hydroxylation sites is 1. The molecule has 17 heavy (non-hydrogen) atoms. The molecule has 82 valence electrons. The maximum atomic E-state index is 4.59. The van der Waals surface area contributed by atoms with Crippen LogP contribution in [0.15, 0.2) is 41.5 Å². The molecule has 0 N–H and O–H groups in total. The first-order chi connectivity index (χ1) is 7.83. The Labute approximate surface area is 125 Å². The molecule has 3 rings (SSSR count). The maximum absolute atomic E-state index is 4.59. The first kappa shape index (κ1) is 12.5. The molecular formula is C14H11N2U-. The molecule has 0 amide bonds. The molecule has 0 atom stereocenters. The van der Waals surface area contributed by atoms with Crippen LogP contribution >= 0.6 is 0 Å². The first-order valence-corrected chi connectivity index (χ1v) is 5.34. The minimum absolute atomic E-state index is 0. The fraction of sp³-hybridized carbons (Fsp3) is 0.143. The van der Waals surface area contributed by atoms with Gasteiger partial charge in [-0.1, -0.05) is 25.1 Å². The van der Waals surface area contributed by atoms with Crippen LogP contribution in [0.4, 0.5) is 5.69 Å². The Bertz CT molecular complexity index is 576. The molecule has 1 aliphatic rings. The van der Waals surface area contributed by atoms with E-state index in [4.69, 9.17) is 0 Å². The van der Waals surface area contributed by atoms with Gasteiger partial charge in [0.2, 0.25) is 0 Å². The third-order valence-electron chi connectivity index (χ3n) is 2.72. The van der Waals surface area contributed by atoms with Gasteiger partial charge in [0.05, 0.1) is 5.69 Å². The van der Waals surface area contributed by atoms with Crippen LogP contribution in [0.5, 0.6) is 0 Å². The zero-order chi connectivity index (χ0) is 11.0. The van der Waals surface area contributed by atoms with Crippen LogP contribution in [0.3, 0.4) is 0 Å². The number of aromatic nitrogens is 1. The number of nitrogens with zero attached hydrogens (tertiary/aromatic N) is 2. The summed E-state index contributed by atoms with van der Waals surface area (Å²) in [6, 6.07) is 13.4. The van der Waals surface area contributed by atoms with E-state index in [1.54, 1.807) is 0 Å². The van der Waals surface area contributed by atoms with Gasteiger partial charge in [0.25, 0.3) is 0 Å². The predicted molar refractivity (Wildman–Crippen MR) is 64.2 cm³/mol. The van der Waals surface area contributed by atoms with Crippen molar-refractivity contribution in [1.82, 2.24) is 4.98 Å². The van der Waals surface area contributed by atoms with E-state index in [1.165, 1.54) is 5.56 Å². The Morgan fingerprint density at radius 1 is 1.18 bits per heavy atom. The van der Waals surface area contributed by atoms with Gasteiger partial charge in [-0.15, -0.1) is 6.07 Å². The summed E-state index contributed by atoms with van der Waals surface area (Å²) in [6.07, 6.45) is 2.68. The van der Waals surface area contributed by atoms with Crippen molar-refractivity contribution in [3.05, 3.63) is 59.4 Å². The number of benzene rings is 1. The molecule has 0 saturated heterocycles. The third-order valence-corrected chi connectivity index (χ3v) is 2.72. The molecule has 0 saturated carbocycles. The van der Waals surface area contributed by atoms with Gasteiger partial charge in [-0.3, -0.25) is 4.98 Å². The van der Waals surface area contributed by atoms with Crippen molar-refractivity contribution in [2.75, 3.05) is 0 Å². The number of fused-ring (bicyclic) bond motifs is 1. The summed E-state index contributed by atoms with van der Waals surface area (Å²) >= 11 is 0. The Morgan fingerprint density at radius 3 is 2.76 bits per heavy atom. The van der Waals surface area contributed by atoms with Gasteiger partial charge >= 0.3 is 0 Å². The SMILES string of the molecule is Cc1[c-]c(C2=Nc3ccccc3C2)ncc1.[U]. The van der Waals surface area contributed by atoms with Crippen molar-refractivity contribution in [2.24, 2.45) is 4.99 Å². The monoisotopic (exact) mass is 445 g/mol. The van der Waals surface area contributed by atoms with E-state index >= 15 is 0 Å². The van der Waals surface area contributed by atoms with Gasteiger partial charge in [-0.2, -0.15) is 11.6 Å². The second-order valence-corrected chi connectivity index (χ2v) is 3.97. The van der Waals surface area contributed by atoms with E-state index in [2.05, 4.69) is 22.1 Å². The fourth-order valence-corrected chi connectivity index (χ4v) is 1.90. The van der Waals surface area contributed by atoms with Crippen molar-refractivity contribution >= 4 is 11.4 Å². The summed E-state index contributed by atoms with van der Waals surface area (Å²) in [5.41, 5.74) is 5.33. The minimum atomic E-state index is 0. The molecule has 1 aliphatic heterocycles. The van der Waals surface area contributed by atoms with Crippen LogP contribution in [0, 0.1) is 44.1 Å². The van der Waals surface area contributed by atoms with Crippen molar-refractivity contribution in [2.45, 2.75) is 13.3 Å². The second-order valence-electron chi connectivity index (χ2n) is 3.97. The van der Waals surface area contributed by atoms with Crippen LogP contribution in [0.2, 0.25) is 0 Å². The van der Waals surface area contributed by atoms with Gasteiger partial charge in [0.15, 0.2) is 0 Å². The number of pyridine rings is 1. The first-order valence-electron chi connectivity index (χ1n) is 5.34. The summed E-state index contributed by atoms with van der Waals surface area (Å²) in [5, 5.41) is 0. The van der Waals surface area contributed by atoms with Crippen molar-refractivity contribution in [3.8, 4) is 0 Å². The van der Waals surface area contributed by atoms with Crippen molar-refractivity contribution < 1.29 is 31.1 Å². The van der Waals surface area contributed by atoms with Crippen molar-refractivity contribution in [3.63, 3.8) is 0 Å². The molecule has 2 heterocycles. The van der Waals surface area contributed by atoms with E-state index in [-0.39, 0.29) is 31.1 Å². The van der Waals surface area contributed by atoms with Crippen LogP contribution in [0.25, 0.3) is 0 Å². The fourth-order valence-electron chi connectivity index (χ4n) is 1.90. The zero-order valence-electron chi connectivity index (χ0n) is 9.57. The van der Waals surface area contributed by atoms with E-state index < -0.39 is 0 Å². The molecule has 1 aromatic heterocycles. The van der Waals surface area contributed by atoms with E-state index in [9.17, 15) is 0 Å². The topological polar surface area (TPSA) is 25.2 Å². The number of aliphatic imine (C=N–C) groups is 1. The maximum Gasteiger partial charge on any atom is 0.0509 e. The number of hydrogen-bond acceptors (Lipinski definition) is 2. The minimum Gasteiger partial charge on any atom is -0.314 e. The molecule has 0 radical (unpaired) electrons. The summed E-state index contributed by atoms with van der Waals surface area (Å²) < 4.78 is 0. The van der Waals surface area contributed by atoms with Crippen LogP contribution < -0.4 is 0 Å². The van der Waals surface area contributed by atoms with E-state index in [0.29, 0.717) is 0 Å². The Hall–Kier alpha value is -0.908. The van der Waals surface area contributed by atoms with Gasteiger partial charge in [-0.25, -0.2) is 0 Å². The van der Waals surface area contributed by atoms with Crippen LogP contribution in [-0.2, 0) is 6.42 Å². The summed E-state index contributed by atoms with van der Waals surface area (Å²) in [4.78, 5) is 8.90. The van der Waals surface area contributed by atoms with Crippen LogP contribution in [-0.4, -0.2) is 10.7 Å².